The molecule has 0 bridgehead atoms. The molecule has 1 heterocycles. The van der Waals surface area contributed by atoms with Crippen LogP contribution in [0.4, 0.5) is 10.1 Å². The minimum atomic E-state index is -0.977. The largest absolute Gasteiger partial charge is 0.427 e. The van der Waals surface area contributed by atoms with Crippen LogP contribution in [0.1, 0.15) is 0 Å². The minimum Gasteiger partial charge on any atom is -0.427 e. The zero-order chi connectivity index (χ0) is 10.3. The highest BCUT2D eigenvalue weighted by atomic mass is 35.5. The molecule has 1 aromatic heterocycles. The predicted molar refractivity (Wildman–Crippen MR) is 45.6 cm³/mol. The van der Waals surface area contributed by atoms with E-state index in [1.807, 2.05) is 0 Å². The van der Waals surface area contributed by atoms with Crippen LogP contribution in [0.2, 0.25) is 5.35 Å². The highest BCUT2D eigenvalue weighted by molar-refractivity contribution is 6.28. The average Bonchev–Trinajstić information content (AvgIpc) is 2.42. The summed E-state index contributed by atoms with van der Waals surface area (Å²) in [4.78, 5) is 13.1. The molecule has 0 radical (unpaired) electrons. The van der Waals surface area contributed by atoms with Crippen LogP contribution >= 0.6 is 11.6 Å². The van der Waals surface area contributed by atoms with Crippen molar-refractivity contribution in [2.75, 3.05) is 0 Å². The van der Waals surface area contributed by atoms with Gasteiger partial charge in [0, 0.05) is 12.1 Å². The van der Waals surface area contributed by atoms with Crippen molar-refractivity contribution < 1.29 is 13.7 Å². The maximum absolute atomic E-state index is 13.0. The maximum Gasteiger partial charge on any atom is 0.307 e. The number of rotatable bonds is 1. The summed E-state index contributed by atoms with van der Waals surface area (Å²) in [6, 6.07) is 1.85. The van der Waals surface area contributed by atoms with Crippen LogP contribution in [0.3, 0.4) is 0 Å². The number of oxazole rings is 1. The second-order valence-electron chi connectivity index (χ2n) is 2.50. The predicted octanol–water partition coefficient (Wildman–Crippen LogP) is 2.53. The van der Waals surface area contributed by atoms with E-state index in [1.54, 1.807) is 0 Å². The molecule has 72 valence electrons. The Morgan fingerprint density at radius 3 is 2.93 bits per heavy atom. The molecule has 0 N–H and O–H groups in total. The van der Waals surface area contributed by atoms with Crippen LogP contribution in [-0.2, 0) is 0 Å². The van der Waals surface area contributed by atoms with Crippen LogP contribution in [0.25, 0.3) is 11.1 Å². The van der Waals surface area contributed by atoms with Crippen molar-refractivity contribution >= 4 is 28.4 Å². The van der Waals surface area contributed by atoms with Gasteiger partial charge in [-0.1, -0.05) is 0 Å². The van der Waals surface area contributed by atoms with Crippen molar-refractivity contribution in [2.24, 2.45) is 0 Å². The Bertz CT molecular complexity index is 525. The van der Waals surface area contributed by atoms with Gasteiger partial charge in [-0.05, 0) is 11.6 Å². The molecular formula is C7H2ClFN2O3. The molecule has 0 fully saturated rings. The number of nitro groups is 1. The molecule has 0 unspecified atom stereocenters. The molecule has 2 aromatic rings. The van der Waals surface area contributed by atoms with E-state index in [-0.39, 0.29) is 16.4 Å². The lowest BCUT2D eigenvalue weighted by Gasteiger charge is -1.91. The average molecular weight is 217 g/mol. The molecule has 2 rings (SSSR count). The topological polar surface area (TPSA) is 69.2 Å². The number of benzene rings is 1. The number of hydrogen-bond donors (Lipinski definition) is 0. The minimum absolute atomic E-state index is 0.0816. The van der Waals surface area contributed by atoms with Gasteiger partial charge in [-0.25, -0.2) is 0 Å². The lowest BCUT2D eigenvalue weighted by atomic mass is 10.3. The van der Waals surface area contributed by atoms with E-state index in [0.29, 0.717) is 0 Å². The smallest absolute Gasteiger partial charge is 0.307 e. The molecule has 0 saturated carbocycles. The highest BCUT2D eigenvalue weighted by Gasteiger charge is 2.17. The Balaban J connectivity index is 2.76. The Morgan fingerprint density at radius 2 is 2.29 bits per heavy atom. The quantitative estimate of drug-likeness (QED) is 0.543. The van der Waals surface area contributed by atoms with E-state index >= 15 is 0 Å². The van der Waals surface area contributed by atoms with Crippen LogP contribution in [-0.4, -0.2) is 9.91 Å². The number of hydrogen-bond acceptors (Lipinski definition) is 4. The fourth-order valence-electron chi connectivity index (χ4n) is 1.05. The van der Waals surface area contributed by atoms with Gasteiger partial charge in [-0.15, -0.1) is 0 Å². The Labute approximate surface area is 81.2 Å². The van der Waals surface area contributed by atoms with Gasteiger partial charge < -0.3 is 4.42 Å². The zero-order valence-electron chi connectivity index (χ0n) is 6.53. The molecule has 0 aliphatic rings. The molecule has 0 atom stereocenters. The van der Waals surface area contributed by atoms with E-state index in [9.17, 15) is 14.5 Å². The van der Waals surface area contributed by atoms with Crippen molar-refractivity contribution in [1.82, 2.24) is 4.98 Å². The standard InChI is InChI=1S/C7H2ClFN2O3/c8-7-10-4-2-5(11(12)13)3(9)1-6(4)14-7/h1-2H. The first-order valence-corrected chi connectivity index (χ1v) is 3.85. The third-order valence-electron chi connectivity index (χ3n) is 1.63. The van der Waals surface area contributed by atoms with Crippen LogP contribution in [0.15, 0.2) is 16.5 Å². The van der Waals surface area contributed by atoms with Crippen molar-refractivity contribution in [2.45, 2.75) is 0 Å². The Hall–Kier alpha value is -1.69. The second-order valence-corrected chi connectivity index (χ2v) is 2.82. The summed E-state index contributed by atoms with van der Waals surface area (Å²) in [6.45, 7) is 0. The van der Waals surface area contributed by atoms with Crippen molar-refractivity contribution in [3.8, 4) is 0 Å². The van der Waals surface area contributed by atoms with Gasteiger partial charge in [-0.3, -0.25) is 10.1 Å². The first-order chi connectivity index (χ1) is 6.58. The van der Waals surface area contributed by atoms with Gasteiger partial charge in [0.05, 0.1) is 4.92 Å². The molecule has 0 aliphatic heterocycles. The monoisotopic (exact) mass is 216 g/mol. The molecule has 5 nitrogen and oxygen atoms in total. The van der Waals surface area contributed by atoms with Gasteiger partial charge in [0.1, 0.15) is 5.52 Å². The normalized spacial score (nSPS) is 10.7. The van der Waals surface area contributed by atoms with Crippen LogP contribution in [0.5, 0.6) is 0 Å². The first-order valence-electron chi connectivity index (χ1n) is 3.48. The summed E-state index contributed by atoms with van der Waals surface area (Å²) in [7, 11) is 0. The molecular weight excluding hydrogens is 215 g/mol. The molecule has 1 aromatic carbocycles. The first kappa shape index (κ1) is 8.89. The lowest BCUT2D eigenvalue weighted by Crippen LogP contribution is -1.91. The summed E-state index contributed by atoms with van der Waals surface area (Å²) in [5.41, 5.74) is -0.413. The van der Waals surface area contributed by atoms with E-state index in [2.05, 4.69) is 4.98 Å². The summed E-state index contributed by atoms with van der Waals surface area (Å²) < 4.78 is 17.8. The van der Waals surface area contributed by atoms with Gasteiger partial charge in [0.2, 0.25) is 5.82 Å². The molecule has 0 spiro atoms. The number of nitro benzene ring substituents is 1. The van der Waals surface area contributed by atoms with Crippen molar-refractivity contribution in [3.63, 3.8) is 0 Å². The van der Waals surface area contributed by atoms with E-state index < -0.39 is 16.4 Å². The third kappa shape index (κ3) is 1.29. The lowest BCUT2D eigenvalue weighted by molar-refractivity contribution is -0.387. The fraction of sp³-hybridized carbons (Fsp3) is 0. The van der Waals surface area contributed by atoms with Crippen molar-refractivity contribution in [3.05, 3.63) is 33.4 Å². The molecule has 0 saturated heterocycles. The Morgan fingerprint density at radius 1 is 1.57 bits per heavy atom. The van der Waals surface area contributed by atoms with E-state index in [1.165, 1.54) is 0 Å². The summed E-state index contributed by atoms with van der Waals surface area (Å²) in [6.07, 6.45) is 0. The van der Waals surface area contributed by atoms with Gasteiger partial charge in [-0.2, -0.15) is 9.37 Å². The maximum atomic E-state index is 13.0. The molecule has 0 aliphatic carbocycles. The number of fused-ring (bicyclic) bond motifs is 1. The Kier molecular flexibility index (Phi) is 1.85. The summed E-state index contributed by atoms with van der Waals surface area (Å²) in [5, 5.41) is 10.2. The second kappa shape index (κ2) is 2.91. The molecule has 14 heavy (non-hydrogen) atoms. The van der Waals surface area contributed by atoms with E-state index in [4.69, 9.17) is 16.0 Å². The van der Waals surface area contributed by atoms with E-state index in [0.717, 1.165) is 12.1 Å². The molecule has 0 amide bonds. The van der Waals surface area contributed by atoms with Crippen LogP contribution < -0.4 is 0 Å². The SMILES string of the molecule is O=[N+]([O-])c1cc2nc(Cl)oc2cc1F. The number of nitrogens with zero attached hydrogens (tertiary/aromatic N) is 2. The van der Waals surface area contributed by atoms with Gasteiger partial charge >= 0.3 is 5.69 Å². The zero-order valence-corrected chi connectivity index (χ0v) is 7.29. The number of halogens is 2. The summed E-state index contributed by atoms with van der Waals surface area (Å²) in [5.74, 6) is -0.977. The fourth-order valence-corrected chi connectivity index (χ4v) is 1.22. The van der Waals surface area contributed by atoms with Crippen LogP contribution in [0, 0.1) is 15.9 Å². The molecule has 7 heteroatoms. The van der Waals surface area contributed by atoms with Crippen molar-refractivity contribution in [1.29, 1.82) is 0 Å². The summed E-state index contributed by atoms with van der Waals surface area (Å²) >= 11 is 5.40. The highest BCUT2D eigenvalue weighted by Crippen LogP contribution is 2.26. The number of aromatic nitrogens is 1. The van der Waals surface area contributed by atoms with Gasteiger partial charge in [0.25, 0.3) is 5.35 Å². The third-order valence-corrected chi connectivity index (χ3v) is 1.79. The van der Waals surface area contributed by atoms with Gasteiger partial charge in [0.15, 0.2) is 5.58 Å².